The van der Waals surface area contributed by atoms with Crippen LogP contribution in [0.3, 0.4) is 0 Å². The molecule has 3 aliphatic carbocycles. The van der Waals surface area contributed by atoms with Gasteiger partial charge in [-0.25, -0.2) is 4.79 Å². The van der Waals surface area contributed by atoms with Crippen molar-refractivity contribution in [3.8, 4) is 0 Å². The number of Topliss-reactive ketones (excluding diaryl/α,β-unsaturated/α-hetero) is 3. The van der Waals surface area contributed by atoms with Gasteiger partial charge >= 0.3 is 17.9 Å². The van der Waals surface area contributed by atoms with Crippen molar-refractivity contribution < 1.29 is 48.0 Å². The van der Waals surface area contributed by atoms with Crippen LogP contribution in [0.15, 0.2) is 11.6 Å². The minimum atomic E-state index is -1.75. The van der Waals surface area contributed by atoms with E-state index >= 15 is 0 Å². The Hall–Kier alpha value is -2.88. The SMILES string of the molecule is CC(=O)OO[C@]1(C)C=C2C(=O)[C@@H](C)C[C@]23C(=O)[C@H](C)C[C@@H](C(C)(C)OC(C)=O)C(=O)[C@@H]3[C@H]1OC(C)=O. The van der Waals surface area contributed by atoms with E-state index in [0.717, 1.165) is 13.8 Å². The molecule has 0 aliphatic heterocycles. The molecule has 10 nitrogen and oxygen atoms in total. The molecule has 0 unspecified atom stereocenters. The van der Waals surface area contributed by atoms with Crippen LogP contribution in [-0.4, -0.2) is 52.6 Å². The Labute approximate surface area is 210 Å². The van der Waals surface area contributed by atoms with E-state index in [4.69, 9.17) is 19.2 Å². The quantitative estimate of drug-likeness (QED) is 0.310. The summed E-state index contributed by atoms with van der Waals surface area (Å²) in [7, 11) is 0. The molecule has 0 heterocycles. The summed E-state index contributed by atoms with van der Waals surface area (Å²) in [5.74, 6) is -6.84. The van der Waals surface area contributed by atoms with Crippen molar-refractivity contribution >= 4 is 35.3 Å². The molecule has 2 saturated carbocycles. The minimum absolute atomic E-state index is 0.0549. The van der Waals surface area contributed by atoms with E-state index in [-0.39, 0.29) is 30.0 Å². The smallest absolute Gasteiger partial charge is 0.339 e. The molecule has 1 spiro atoms. The number of carbonyl (C=O) groups excluding carboxylic acids is 6. The number of hydrogen-bond donors (Lipinski definition) is 0. The molecule has 0 radical (unpaired) electrons. The zero-order valence-electron chi connectivity index (χ0n) is 22.0. The molecule has 3 rings (SSSR count). The van der Waals surface area contributed by atoms with Gasteiger partial charge in [0, 0.05) is 38.2 Å². The number of carbonyl (C=O) groups is 6. The van der Waals surface area contributed by atoms with Gasteiger partial charge in [-0.15, -0.1) is 0 Å². The van der Waals surface area contributed by atoms with Crippen LogP contribution in [0.25, 0.3) is 0 Å². The summed E-state index contributed by atoms with van der Waals surface area (Å²) in [6.45, 7) is 11.4. The number of allylic oxidation sites excluding steroid dienone is 1. The summed E-state index contributed by atoms with van der Waals surface area (Å²) < 4.78 is 11.1. The van der Waals surface area contributed by atoms with E-state index in [1.165, 1.54) is 19.9 Å². The van der Waals surface area contributed by atoms with Gasteiger partial charge in [-0.2, -0.15) is 4.89 Å². The lowest BCUT2D eigenvalue weighted by molar-refractivity contribution is -0.338. The first-order chi connectivity index (χ1) is 16.5. The lowest BCUT2D eigenvalue weighted by Crippen LogP contribution is -2.62. The van der Waals surface area contributed by atoms with Crippen molar-refractivity contribution in [1.82, 2.24) is 0 Å². The molecule has 3 aliphatic rings. The molecule has 0 aromatic heterocycles. The zero-order chi connectivity index (χ0) is 27.4. The molecular weight excluding hydrogens is 472 g/mol. The molecule has 0 bridgehead atoms. The third kappa shape index (κ3) is 4.40. The number of esters is 2. The van der Waals surface area contributed by atoms with Gasteiger partial charge in [-0.1, -0.05) is 13.8 Å². The molecular formula is C26H34O10. The van der Waals surface area contributed by atoms with Crippen LogP contribution in [-0.2, 0) is 48.0 Å². The fourth-order valence-corrected chi connectivity index (χ4v) is 6.29. The van der Waals surface area contributed by atoms with Gasteiger partial charge in [0.25, 0.3) is 0 Å². The van der Waals surface area contributed by atoms with Crippen molar-refractivity contribution in [3.63, 3.8) is 0 Å². The van der Waals surface area contributed by atoms with Crippen LogP contribution in [0, 0.1) is 29.1 Å². The van der Waals surface area contributed by atoms with Crippen molar-refractivity contribution in [2.45, 2.75) is 85.5 Å². The fourth-order valence-electron chi connectivity index (χ4n) is 6.29. The lowest BCUT2D eigenvalue weighted by Gasteiger charge is -2.49. The average Bonchev–Trinajstić information content (AvgIpc) is 2.94. The van der Waals surface area contributed by atoms with Crippen molar-refractivity contribution in [1.29, 1.82) is 0 Å². The highest BCUT2D eigenvalue weighted by atomic mass is 17.2. The second-order valence-electron chi connectivity index (χ2n) is 11.0. The van der Waals surface area contributed by atoms with Gasteiger partial charge in [-0.05, 0) is 39.7 Å². The summed E-state index contributed by atoms with van der Waals surface area (Å²) in [6.07, 6.45) is 0.0784. The highest BCUT2D eigenvalue weighted by Gasteiger charge is 2.70. The van der Waals surface area contributed by atoms with Crippen LogP contribution < -0.4 is 0 Å². The second-order valence-corrected chi connectivity index (χ2v) is 11.0. The average molecular weight is 507 g/mol. The molecule has 198 valence electrons. The predicted octanol–water partition coefficient (Wildman–Crippen LogP) is 2.46. The Bertz CT molecular complexity index is 1050. The van der Waals surface area contributed by atoms with Crippen molar-refractivity contribution in [2.24, 2.45) is 29.1 Å². The van der Waals surface area contributed by atoms with E-state index in [1.54, 1.807) is 27.7 Å². The Kier molecular flexibility index (Phi) is 7.09. The normalized spacial score (nSPS) is 36.3. The Morgan fingerprint density at radius 3 is 2.11 bits per heavy atom. The zero-order valence-corrected chi connectivity index (χ0v) is 22.0. The van der Waals surface area contributed by atoms with Gasteiger partial charge in [0.05, 0.1) is 17.3 Å². The first-order valence-electron chi connectivity index (χ1n) is 12.1. The number of rotatable bonds is 5. The third-order valence-electron chi connectivity index (χ3n) is 7.66. The van der Waals surface area contributed by atoms with Crippen molar-refractivity contribution in [3.05, 3.63) is 11.6 Å². The van der Waals surface area contributed by atoms with Crippen LogP contribution in [0.2, 0.25) is 0 Å². The molecule has 10 heteroatoms. The van der Waals surface area contributed by atoms with E-state index in [9.17, 15) is 28.8 Å². The lowest BCUT2D eigenvalue weighted by atomic mass is 9.57. The van der Waals surface area contributed by atoms with E-state index in [2.05, 4.69) is 0 Å². The van der Waals surface area contributed by atoms with E-state index in [0.29, 0.717) is 0 Å². The van der Waals surface area contributed by atoms with Gasteiger partial charge in [-0.3, -0.25) is 28.9 Å². The van der Waals surface area contributed by atoms with Gasteiger partial charge in [0.15, 0.2) is 11.4 Å². The minimum Gasteiger partial charge on any atom is -0.459 e. The van der Waals surface area contributed by atoms with Gasteiger partial charge in [0.1, 0.15) is 23.3 Å². The topological polar surface area (TPSA) is 139 Å². The highest BCUT2D eigenvalue weighted by molar-refractivity contribution is 6.13. The Balaban J connectivity index is 2.33. The summed E-state index contributed by atoms with van der Waals surface area (Å²) in [6, 6.07) is 0. The highest BCUT2D eigenvalue weighted by Crippen LogP contribution is 2.60. The third-order valence-corrected chi connectivity index (χ3v) is 7.66. The monoisotopic (exact) mass is 506 g/mol. The van der Waals surface area contributed by atoms with Crippen LogP contribution in [0.5, 0.6) is 0 Å². The van der Waals surface area contributed by atoms with Crippen molar-refractivity contribution in [2.75, 3.05) is 0 Å². The molecule has 0 amide bonds. The molecule has 0 saturated heterocycles. The fraction of sp³-hybridized carbons (Fsp3) is 0.692. The van der Waals surface area contributed by atoms with Gasteiger partial charge < -0.3 is 9.47 Å². The van der Waals surface area contributed by atoms with Gasteiger partial charge in [0.2, 0.25) is 0 Å². The summed E-state index contributed by atoms with van der Waals surface area (Å²) in [5, 5.41) is 0. The van der Waals surface area contributed by atoms with E-state index in [1.807, 2.05) is 0 Å². The molecule has 0 aromatic carbocycles. The molecule has 7 atom stereocenters. The standard InChI is InChI=1S/C26H34O10/c1-12-9-17(24(6,7)34-15(4)28)21(31)19-23(33-14(3)27)25(8,36-35-16(5)29)11-18-20(30)13(2)10-26(18,19)22(12)32/h11-13,17,19,23H,9-10H2,1-8H3/t12-,13+,17-,19-,23-,25-,26+/m1/s1. The van der Waals surface area contributed by atoms with E-state index < -0.39 is 70.1 Å². The van der Waals surface area contributed by atoms with Crippen LogP contribution in [0.4, 0.5) is 0 Å². The number of hydrogen-bond acceptors (Lipinski definition) is 10. The predicted molar refractivity (Wildman–Crippen MR) is 123 cm³/mol. The van der Waals surface area contributed by atoms with Crippen LogP contribution >= 0.6 is 0 Å². The molecule has 0 aromatic rings. The Morgan fingerprint density at radius 2 is 1.58 bits per heavy atom. The maximum absolute atomic E-state index is 14.4. The number of ketones is 3. The second kappa shape index (κ2) is 9.21. The summed E-state index contributed by atoms with van der Waals surface area (Å²) >= 11 is 0. The maximum atomic E-state index is 14.4. The summed E-state index contributed by atoms with van der Waals surface area (Å²) in [4.78, 5) is 87.8. The largest absolute Gasteiger partial charge is 0.459 e. The summed E-state index contributed by atoms with van der Waals surface area (Å²) in [5.41, 5.74) is -4.52. The van der Waals surface area contributed by atoms with Crippen LogP contribution in [0.1, 0.15) is 68.2 Å². The maximum Gasteiger partial charge on any atom is 0.339 e. The molecule has 2 fully saturated rings. The first-order valence-corrected chi connectivity index (χ1v) is 12.1. The molecule has 36 heavy (non-hydrogen) atoms. The molecule has 0 N–H and O–H groups in total. The number of ether oxygens (including phenoxy) is 2. The Morgan fingerprint density at radius 1 is 0.972 bits per heavy atom. The first kappa shape index (κ1) is 27.7.